The Labute approximate surface area is 141 Å². The highest BCUT2D eigenvalue weighted by Gasteiger charge is 2.10. The Hall–Kier alpha value is -2.59. The summed E-state index contributed by atoms with van der Waals surface area (Å²) in [5.41, 5.74) is 2.76. The van der Waals surface area contributed by atoms with E-state index in [-0.39, 0.29) is 5.91 Å². The number of rotatable bonds is 8. The van der Waals surface area contributed by atoms with Gasteiger partial charge in [-0.25, -0.2) is 0 Å². The molecular weight excluding hydrogens is 300 g/mol. The van der Waals surface area contributed by atoms with Crippen molar-refractivity contribution < 1.29 is 9.21 Å². The molecule has 0 atom stereocenters. The third kappa shape index (κ3) is 4.24. The average molecular weight is 322 g/mol. The van der Waals surface area contributed by atoms with E-state index < -0.39 is 0 Å². The fourth-order valence-corrected chi connectivity index (χ4v) is 2.74. The standard InChI is InChI=1S/C20H22N2O2/c23-20(18-9-4-10-19-17(18)11-15-24-19)22-14-13-21-12-5-8-16-6-2-1-3-7-16/h1-4,6-7,9-11,15,21H,5,8,12-14H2,(H,22,23). The molecule has 0 aliphatic heterocycles. The Morgan fingerprint density at radius 1 is 0.917 bits per heavy atom. The number of amides is 1. The van der Waals surface area contributed by atoms with Crippen LogP contribution in [0.3, 0.4) is 0 Å². The molecule has 0 aliphatic rings. The van der Waals surface area contributed by atoms with Gasteiger partial charge in [-0.2, -0.15) is 0 Å². The lowest BCUT2D eigenvalue weighted by Crippen LogP contribution is -2.32. The maximum absolute atomic E-state index is 12.2. The molecule has 0 spiro atoms. The van der Waals surface area contributed by atoms with Crippen molar-refractivity contribution in [3.8, 4) is 0 Å². The summed E-state index contributed by atoms with van der Waals surface area (Å²) < 4.78 is 5.32. The summed E-state index contributed by atoms with van der Waals surface area (Å²) in [5.74, 6) is -0.0620. The first-order valence-corrected chi connectivity index (χ1v) is 8.33. The van der Waals surface area contributed by atoms with Gasteiger partial charge in [0, 0.05) is 18.5 Å². The fraction of sp³-hybridized carbons (Fsp3) is 0.250. The zero-order chi connectivity index (χ0) is 16.6. The van der Waals surface area contributed by atoms with Gasteiger partial charge in [-0.15, -0.1) is 0 Å². The highest BCUT2D eigenvalue weighted by atomic mass is 16.3. The van der Waals surface area contributed by atoms with Gasteiger partial charge in [0.05, 0.1) is 11.8 Å². The molecule has 4 nitrogen and oxygen atoms in total. The van der Waals surface area contributed by atoms with E-state index in [4.69, 9.17) is 4.42 Å². The Morgan fingerprint density at radius 2 is 1.79 bits per heavy atom. The quantitative estimate of drug-likeness (QED) is 0.625. The molecule has 0 bridgehead atoms. The second kappa shape index (κ2) is 8.31. The van der Waals surface area contributed by atoms with Crippen molar-refractivity contribution in [2.45, 2.75) is 12.8 Å². The highest BCUT2D eigenvalue weighted by Crippen LogP contribution is 2.19. The van der Waals surface area contributed by atoms with E-state index in [1.807, 2.05) is 30.3 Å². The van der Waals surface area contributed by atoms with Gasteiger partial charge in [-0.05, 0) is 43.1 Å². The molecule has 0 saturated carbocycles. The van der Waals surface area contributed by atoms with E-state index in [1.54, 1.807) is 6.26 Å². The first kappa shape index (κ1) is 16.3. The molecule has 0 saturated heterocycles. The van der Waals surface area contributed by atoms with Crippen LogP contribution < -0.4 is 10.6 Å². The third-order valence-electron chi connectivity index (χ3n) is 3.99. The van der Waals surface area contributed by atoms with Crippen LogP contribution >= 0.6 is 0 Å². The Morgan fingerprint density at radius 3 is 2.67 bits per heavy atom. The highest BCUT2D eigenvalue weighted by molar-refractivity contribution is 6.05. The fourth-order valence-electron chi connectivity index (χ4n) is 2.74. The van der Waals surface area contributed by atoms with Crippen molar-refractivity contribution in [2.75, 3.05) is 19.6 Å². The molecule has 1 heterocycles. The molecule has 4 heteroatoms. The summed E-state index contributed by atoms with van der Waals surface area (Å²) in [6, 6.07) is 17.8. The Kier molecular flexibility index (Phi) is 5.64. The summed E-state index contributed by atoms with van der Waals surface area (Å²) in [5, 5.41) is 7.16. The third-order valence-corrected chi connectivity index (χ3v) is 3.99. The molecule has 3 aromatic rings. The van der Waals surface area contributed by atoms with Gasteiger partial charge >= 0.3 is 0 Å². The predicted molar refractivity (Wildman–Crippen MR) is 96.2 cm³/mol. The summed E-state index contributed by atoms with van der Waals surface area (Å²) in [6.07, 6.45) is 3.77. The largest absolute Gasteiger partial charge is 0.464 e. The monoisotopic (exact) mass is 322 g/mol. The van der Waals surface area contributed by atoms with Crippen LogP contribution in [0.4, 0.5) is 0 Å². The number of hydrogen-bond donors (Lipinski definition) is 2. The van der Waals surface area contributed by atoms with Gasteiger partial charge in [-0.3, -0.25) is 4.79 Å². The number of carbonyl (C=O) groups excluding carboxylic acids is 1. The normalized spacial score (nSPS) is 10.8. The smallest absolute Gasteiger partial charge is 0.252 e. The van der Waals surface area contributed by atoms with E-state index in [1.165, 1.54) is 5.56 Å². The second-order valence-corrected chi connectivity index (χ2v) is 5.73. The lowest BCUT2D eigenvalue weighted by molar-refractivity contribution is 0.0955. The van der Waals surface area contributed by atoms with Crippen molar-refractivity contribution in [3.63, 3.8) is 0 Å². The number of furan rings is 1. The summed E-state index contributed by atoms with van der Waals surface area (Å²) >= 11 is 0. The zero-order valence-corrected chi connectivity index (χ0v) is 13.6. The first-order valence-electron chi connectivity index (χ1n) is 8.33. The predicted octanol–water partition coefficient (Wildman–Crippen LogP) is 3.39. The van der Waals surface area contributed by atoms with Crippen molar-refractivity contribution >= 4 is 16.9 Å². The minimum Gasteiger partial charge on any atom is -0.464 e. The van der Waals surface area contributed by atoms with Crippen molar-refractivity contribution in [1.82, 2.24) is 10.6 Å². The van der Waals surface area contributed by atoms with Crippen LogP contribution in [0.5, 0.6) is 0 Å². The molecule has 1 aromatic heterocycles. The zero-order valence-electron chi connectivity index (χ0n) is 13.6. The van der Waals surface area contributed by atoms with Crippen LogP contribution in [0.2, 0.25) is 0 Å². The van der Waals surface area contributed by atoms with Crippen LogP contribution in [0.25, 0.3) is 11.0 Å². The SMILES string of the molecule is O=C(NCCNCCCc1ccccc1)c1cccc2occc12. The van der Waals surface area contributed by atoms with Crippen LogP contribution in [-0.2, 0) is 6.42 Å². The molecule has 0 fully saturated rings. The minimum atomic E-state index is -0.0620. The lowest BCUT2D eigenvalue weighted by atomic mass is 10.1. The number of carbonyl (C=O) groups is 1. The summed E-state index contributed by atoms with van der Waals surface area (Å²) in [7, 11) is 0. The molecular formula is C20H22N2O2. The molecule has 2 N–H and O–H groups in total. The van der Waals surface area contributed by atoms with Crippen molar-refractivity contribution in [3.05, 3.63) is 72.0 Å². The minimum absolute atomic E-state index is 0.0620. The van der Waals surface area contributed by atoms with Crippen LogP contribution in [0.1, 0.15) is 22.3 Å². The molecule has 1 amide bonds. The maximum atomic E-state index is 12.2. The molecule has 24 heavy (non-hydrogen) atoms. The topological polar surface area (TPSA) is 54.3 Å². The average Bonchev–Trinajstić information content (AvgIpc) is 3.10. The van der Waals surface area contributed by atoms with Gasteiger partial charge in [0.2, 0.25) is 0 Å². The van der Waals surface area contributed by atoms with Crippen LogP contribution in [-0.4, -0.2) is 25.5 Å². The maximum Gasteiger partial charge on any atom is 0.252 e. The van der Waals surface area contributed by atoms with E-state index in [9.17, 15) is 4.79 Å². The number of hydrogen-bond acceptors (Lipinski definition) is 3. The Balaban J connectivity index is 1.35. The molecule has 3 rings (SSSR count). The molecule has 0 radical (unpaired) electrons. The van der Waals surface area contributed by atoms with Gasteiger partial charge in [0.1, 0.15) is 5.58 Å². The number of benzene rings is 2. The number of fused-ring (bicyclic) bond motifs is 1. The van der Waals surface area contributed by atoms with E-state index in [2.05, 4.69) is 34.9 Å². The van der Waals surface area contributed by atoms with Crippen LogP contribution in [0.15, 0.2) is 65.3 Å². The van der Waals surface area contributed by atoms with E-state index in [0.29, 0.717) is 12.1 Å². The lowest BCUT2D eigenvalue weighted by Gasteiger charge is -2.07. The van der Waals surface area contributed by atoms with Gasteiger partial charge in [0.15, 0.2) is 0 Å². The van der Waals surface area contributed by atoms with Gasteiger partial charge in [-0.1, -0.05) is 36.4 Å². The first-order chi connectivity index (χ1) is 11.8. The van der Waals surface area contributed by atoms with Gasteiger partial charge in [0.25, 0.3) is 5.91 Å². The van der Waals surface area contributed by atoms with Crippen molar-refractivity contribution in [2.24, 2.45) is 0 Å². The van der Waals surface area contributed by atoms with Gasteiger partial charge < -0.3 is 15.1 Å². The number of aryl methyl sites for hydroxylation is 1. The molecule has 124 valence electrons. The van der Waals surface area contributed by atoms with Crippen LogP contribution in [0, 0.1) is 0 Å². The molecule has 0 unspecified atom stereocenters. The number of nitrogens with one attached hydrogen (secondary N) is 2. The van der Waals surface area contributed by atoms with E-state index in [0.717, 1.165) is 36.9 Å². The molecule has 2 aromatic carbocycles. The molecule has 0 aliphatic carbocycles. The summed E-state index contributed by atoms with van der Waals surface area (Å²) in [4.78, 5) is 12.2. The second-order valence-electron chi connectivity index (χ2n) is 5.73. The van der Waals surface area contributed by atoms with E-state index >= 15 is 0 Å². The summed E-state index contributed by atoms with van der Waals surface area (Å²) in [6.45, 7) is 2.32. The van der Waals surface area contributed by atoms with Crippen molar-refractivity contribution in [1.29, 1.82) is 0 Å². The Bertz CT molecular complexity index is 780.